The second kappa shape index (κ2) is 8.73. The number of esters is 1. The number of carbonyl (C=O) groups is 2. The Morgan fingerprint density at radius 2 is 1.70 bits per heavy atom. The highest BCUT2D eigenvalue weighted by Gasteiger charge is 2.16. The minimum Gasteiger partial charge on any atom is -0.486 e. The fourth-order valence-corrected chi connectivity index (χ4v) is 3.15. The van der Waals surface area contributed by atoms with Crippen molar-refractivity contribution in [2.75, 3.05) is 26.9 Å². The summed E-state index contributed by atoms with van der Waals surface area (Å²) in [5, 5.41) is 0. The molecule has 0 radical (unpaired) electrons. The van der Waals surface area contributed by atoms with E-state index in [1.165, 1.54) is 4.90 Å². The van der Waals surface area contributed by atoms with E-state index in [1.807, 2.05) is 59.4 Å². The molecule has 0 saturated heterocycles. The maximum atomic E-state index is 12.4. The van der Waals surface area contributed by atoms with Crippen LogP contribution in [0, 0.1) is 0 Å². The third-order valence-electron chi connectivity index (χ3n) is 4.78. The first kappa shape index (κ1) is 19.6. The molecule has 0 unspecified atom stereocenters. The summed E-state index contributed by atoms with van der Waals surface area (Å²) in [6.07, 6.45) is 3.84. The summed E-state index contributed by atoms with van der Waals surface area (Å²) < 4.78 is 18.2. The predicted octanol–water partition coefficient (Wildman–Crippen LogP) is 3.06. The molecule has 0 spiro atoms. The van der Waals surface area contributed by atoms with Crippen molar-refractivity contribution in [3.8, 4) is 17.2 Å². The summed E-state index contributed by atoms with van der Waals surface area (Å²) in [5.74, 6) is 0.558. The number of nitrogens with zero attached hydrogens (tertiary/aromatic N) is 2. The van der Waals surface area contributed by atoms with Gasteiger partial charge in [0.25, 0.3) is 5.91 Å². The minimum atomic E-state index is -0.532. The van der Waals surface area contributed by atoms with Crippen molar-refractivity contribution in [1.82, 2.24) is 9.47 Å². The molecule has 3 aromatic rings. The zero-order valence-corrected chi connectivity index (χ0v) is 16.6. The van der Waals surface area contributed by atoms with Crippen molar-refractivity contribution < 1.29 is 23.8 Å². The van der Waals surface area contributed by atoms with Crippen LogP contribution in [0.15, 0.2) is 67.0 Å². The summed E-state index contributed by atoms with van der Waals surface area (Å²) in [7, 11) is 1.67. The van der Waals surface area contributed by atoms with E-state index in [2.05, 4.69) is 0 Å². The second-order valence-corrected chi connectivity index (χ2v) is 6.94. The number of ether oxygens (including phenoxy) is 3. The fraction of sp³-hybridized carbons (Fsp3) is 0.217. The number of benzene rings is 2. The van der Waals surface area contributed by atoms with Crippen LogP contribution in [0.1, 0.15) is 15.9 Å². The molecule has 1 amide bonds. The number of likely N-dealkylation sites (N-methyl/N-ethyl adjacent to an activating group) is 1. The fourth-order valence-electron chi connectivity index (χ4n) is 3.15. The van der Waals surface area contributed by atoms with Crippen molar-refractivity contribution >= 4 is 11.9 Å². The molecule has 0 aliphatic carbocycles. The van der Waals surface area contributed by atoms with Gasteiger partial charge in [0.1, 0.15) is 13.2 Å². The first-order chi connectivity index (χ1) is 14.6. The molecule has 154 valence electrons. The van der Waals surface area contributed by atoms with Crippen molar-refractivity contribution in [1.29, 1.82) is 0 Å². The molecule has 1 aromatic heterocycles. The molecule has 30 heavy (non-hydrogen) atoms. The average Bonchev–Trinajstić information content (AvgIpc) is 3.32. The van der Waals surface area contributed by atoms with Crippen LogP contribution in [0.2, 0.25) is 0 Å². The molecule has 0 saturated carbocycles. The van der Waals surface area contributed by atoms with Gasteiger partial charge in [0.2, 0.25) is 0 Å². The third kappa shape index (κ3) is 4.46. The van der Waals surface area contributed by atoms with Gasteiger partial charge < -0.3 is 23.7 Å². The monoisotopic (exact) mass is 406 g/mol. The normalized spacial score (nSPS) is 12.3. The van der Waals surface area contributed by atoms with Gasteiger partial charge in [-0.15, -0.1) is 0 Å². The summed E-state index contributed by atoms with van der Waals surface area (Å²) in [6, 6.07) is 16.4. The minimum absolute atomic E-state index is 0.290. The van der Waals surface area contributed by atoms with E-state index < -0.39 is 5.97 Å². The van der Waals surface area contributed by atoms with Crippen molar-refractivity contribution in [2.45, 2.75) is 6.54 Å². The summed E-state index contributed by atoms with van der Waals surface area (Å²) in [6.45, 7) is 1.09. The highest BCUT2D eigenvalue weighted by Crippen LogP contribution is 2.31. The highest BCUT2D eigenvalue weighted by molar-refractivity contribution is 5.91. The molecule has 7 heteroatoms. The number of hydrogen-bond donors (Lipinski definition) is 0. The Bertz CT molecular complexity index is 1030. The van der Waals surface area contributed by atoms with Crippen LogP contribution in [-0.2, 0) is 16.1 Å². The Labute approximate surface area is 174 Å². The van der Waals surface area contributed by atoms with E-state index >= 15 is 0 Å². The smallest absolute Gasteiger partial charge is 0.338 e. The summed E-state index contributed by atoms with van der Waals surface area (Å²) >= 11 is 0. The molecular formula is C23H22N2O5. The van der Waals surface area contributed by atoms with Crippen LogP contribution in [0.25, 0.3) is 5.69 Å². The number of hydrogen-bond acceptors (Lipinski definition) is 5. The van der Waals surface area contributed by atoms with Gasteiger partial charge in [0, 0.05) is 31.7 Å². The standard InChI is InChI=1S/C23H22N2O5/c1-24(15-17-4-9-20-21(14-17)29-13-12-28-20)22(26)16-30-23(27)18-5-7-19(8-6-18)25-10-2-3-11-25/h2-11,14H,12-13,15-16H2,1H3. The van der Waals surface area contributed by atoms with Gasteiger partial charge in [-0.2, -0.15) is 0 Å². The van der Waals surface area contributed by atoms with E-state index in [1.54, 1.807) is 19.2 Å². The van der Waals surface area contributed by atoms with Gasteiger partial charge in [0.05, 0.1) is 5.56 Å². The Hall–Kier alpha value is -3.74. The lowest BCUT2D eigenvalue weighted by Gasteiger charge is -2.21. The van der Waals surface area contributed by atoms with Gasteiger partial charge in [-0.25, -0.2) is 4.79 Å². The summed E-state index contributed by atoms with van der Waals surface area (Å²) in [5.41, 5.74) is 2.24. The number of amides is 1. The molecule has 2 aromatic carbocycles. The van der Waals surface area contributed by atoms with E-state index in [-0.39, 0.29) is 12.5 Å². The molecule has 4 rings (SSSR count). The zero-order valence-electron chi connectivity index (χ0n) is 16.6. The first-order valence-corrected chi connectivity index (χ1v) is 9.63. The van der Waals surface area contributed by atoms with E-state index in [0.717, 1.165) is 11.3 Å². The summed E-state index contributed by atoms with van der Waals surface area (Å²) in [4.78, 5) is 26.1. The number of aromatic nitrogens is 1. The Morgan fingerprint density at radius 3 is 2.43 bits per heavy atom. The van der Waals surface area contributed by atoms with E-state index in [4.69, 9.17) is 14.2 Å². The lowest BCUT2D eigenvalue weighted by Crippen LogP contribution is -2.30. The van der Waals surface area contributed by atoms with Crippen LogP contribution >= 0.6 is 0 Å². The Balaban J connectivity index is 1.30. The van der Waals surface area contributed by atoms with Gasteiger partial charge in [-0.05, 0) is 54.1 Å². The molecule has 7 nitrogen and oxygen atoms in total. The molecule has 2 heterocycles. The third-order valence-corrected chi connectivity index (χ3v) is 4.78. The van der Waals surface area contributed by atoms with Crippen LogP contribution in [-0.4, -0.2) is 48.2 Å². The second-order valence-electron chi connectivity index (χ2n) is 6.94. The average molecular weight is 406 g/mol. The molecule has 0 bridgehead atoms. The molecular weight excluding hydrogens is 384 g/mol. The molecule has 1 aliphatic heterocycles. The lowest BCUT2D eigenvalue weighted by atomic mass is 10.2. The predicted molar refractivity (Wildman–Crippen MR) is 110 cm³/mol. The quantitative estimate of drug-likeness (QED) is 0.589. The van der Waals surface area contributed by atoms with Crippen LogP contribution in [0.4, 0.5) is 0 Å². The van der Waals surface area contributed by atoms with Crippen LogP contribution in [0.3, 0.4) is 0 Å². The van der Waals surface area contributed by atoms with Gasteiger partial charge >= 0.3 is 5.97 Å². The SMILES string of the molecule is CN(Cc1ccc2c(c1)OCCO2)C(=O)COC(=O)c1ccc(-n2cccc2)cc1. The van der Waals surface area contributed by atoms with E-state index in [0.29, 0.717) is 36.8 Å². The number of rotatable bonds is 6. The maximum Gasteiger partial charge on any atom is 0.338 e. The largest absolute Gasteiger partial charge is 0.486 e. The zero-order chi connectivity index (χ0) is 20.9. The van der Waals surface area contributed by atoms with Crippen LogP contribution in [0.5, 0.6) is 11.5 Å². The number of carbonyl (C=O) groups excluding carboxylic acids is 2. The highest BCUT2D eigenvalue weighted by atomic mass is 16.6. The Kier molecular flexibility index (Phi) is 5.70. The molecule has 0 fully saturated rings. The van der Waals surface area contributed by atoms with E-state index in [9.17, 15) is 9.59 Å². The van der Waals surface area contributed by atoms with Crippen molar-refractivity contribution in [3.05, 3.63) is 78.1 Å². The maximum absolute atomic E-state index is 12.4. The van der Waals surface area contributed by atoms with Crippen LogP contribution < -0.4 is 9.47 Å². The van der Waals surface area contributed by atoms with Crippen molar-refractivity contribution in [3.63, 3.8) is 0 Å². The van der Waals surface area contributed by atoms with Crippen molar-refractivity contribution in [2.24, 2.45) is 0 Å². The molecule has 1 aliphatic rings. The Morgan fingerprint density at radius 1 is 1.00 bits per heavy atom. The van der Waals surface area contributed by atoms with Gasteiger partial charge in [0.15, 0.2) is 18.1 Å². The number of fused-ring (bicyclic) bond motifs is 1. The van der Waals surface area contributed by atoms with Gasteiger partial charge in [-0.3, -0.25) is 4.79 Å². The van der Waals surface area contributed by atoms with Gasteiger partial charge in [-0.1, -0.05) is 6.07 Å². The molecule has 0 atom stereocenters. The topological polar surface area (TPSA) is 70.0 Å². The first-order valence-electron chi connectivity index (χ1n) is 9.63. The molecule has 0 N–H and O–H groups in total. The lowest BCUT2D eigenvalue weighted by molar-refractivity contribution is -0.133.